The maximum atomic E-state index is 12.4. The number of aliphatic hydroxyl groups is 3. The van der Waals surface area contributed by atoms with Crippen LogP contribution in [-0.2, 0) is 4.79 Å². The van der Waals surface area contributed by atoms with Gasteiger partial charge < -0.3 is 20.4 Å². The van der Waals surface area contributed by atoms with E-state index in [0.717, 1.165) is 45.3 Å². The number of aliphatic carboxylic acids is 1. The summed E-state index contributed by atoms with van der Waals surface area (Å²) in [5.74, 6) is -0.628. The van der Waals surface area contributed by atoms with E-state index in [9.17, 15) is 9.90 Å². The molecule has 170 valence electrons. The predicted molar refractivity (Wildman–Crippen MR) is 112 cm³/mol. The monoisotopic (exact) mass is 415 g/mol. The number of carboxylic acids is 1. The van der Waals surface area contributed by atoms with Gasteiger partial charge in [-0.1, -0.05) is 40.0 Å². The molecule has 3 aliphatic heterocycles. The third-order valence-corrected chi connectivity index (χ3v) is 6.26. The molecule has 3 aliphatic rings. The van der Waals surface area contributed by atoms with Gasteiger partial charge in [-0.05, 0) is 19.3 Å². The zero-order valence-corrected chi connectivity index (χ0v) is 18.3. The second-order valence-electron chi connectivity index (χ2n) is 8.70. The van der Waals surface area contributed by atoms with Crippen LogP contribution in [-0.4, -0.2) is 110 Å². The highest BCUT2D eigenvalue weighted by Gasteiger charge is 2.65. The summed E-state index contributed by atoms with van der Waals surface area (Å²) in [4.78, 5) is 19.3. The second kappa shape index (κ2) is 11.0. The van der Waals surface area contributed by atoms with Gasteiger partial charge in [-0.2, -0.15) is 0 Å². The maximum absolute atomic E-state index is 12.4. The Balaban J connectivity index is 0.000000438. The van der Waals surface area contributed by atoms with Crippen molar-refractivity contribution in [3.8, 4) is 0 Å². The Labute approximate surface area is 175 Å². The molecule has 0 aromatic heterocycles. The minimum Gasteiger partial charge on any atom is -0.479 e. The minimum atomic E-state index is -0.954. The molecule has 0 amide bonds. The summed E-state index contributed by atoms with van der Waals surface area (Å²) in [7, 11) is 0. The van der Waals surface area contributed by atoms with Gasteiger partial charge in [0.2, 0.25) is 0 Å². The van der Waals surface area contributed by atoms with Crippen LogP contribution in [0.2, 0.25) is 0 Å². The fourth-order valence-corrected chi connectivity index (χ4v) is 4.45. The van der Waals surface area contributed by atoms with Crippen molar-refractivity contribution in [1.29, 1.82) is 0 Å². The first-order valence-electron chi connectivity index (χ1n) is 11.3. The van der Waals surface area contributed by atoms with Crippen LogP contribution >= 0.6 is 0 Å². The first-order valence-corrected chi connectivity index (χ1v) is 11.3. The molecule has 0 saturated carbocycles. The number of nitrogens with zero attached hydrogens (tertiary/aromatic N) is 3. The molecule has 29 heavy (non-hydrogen) atoms. The first-order chi connectivity index (χ1) is 13.9. The largest absolute Gasteiger partial charge is 0.479 e. The van der Waals surface area contributed by atoms with Crippen molar-refractivity contribution in [2.45, 2.75) is 89.2 Å². The lowest BCUT2D eigenvalue weighted by Crippen LogP contribution is -2.59. The van der Waals surface area contributed by atoms with Crippen LogP contribution in [0.15, 0.2) is 0 Å². The van der Waals surface area contributed by atoms with Crippen LogP contribution in [0.4, 0.5) is 0 Å². The maximum Gasteiger partial charge on any atom is 0.340 e. The number of rotatable bonds is 13. The van der Waals surface area contributed by atoms with Crippen molar-refractivity contribution >= 4 is 5.97 Å². The third-order valence-electron chi connectivity index (χ3n) is 6.26. The average Bonchev–Trinajstić information content (AvgIpc) is 3.57. The van der Waals surface area contributed by atoms with E-state index in [0.29, 0.717) is 24.7 Å². The lowest BCUT2D eigenvalue weighted by atomic mass is 10.1. The Morgan fingerprint density at radius 1 is 0.897 bits per heavy atom. The smallest absolute Gasteiger partial charge is 0.340 e. The van der Waals surface area contributed by atoms with E-state index >= 15 is 0 Å². The van der Waals surface area contributed by atoms with E-state index < -0.39 is 17.7 Å². The van der Waals surface area contributed by atoms with E-state index in [1.165, 1.54) is 12.8 Å². The van der Waals surface area contributed by atoms with Crippen LogP contribution < -0.4 is 0 Å². The molecule has 3 saturated heterocycles. The molecule has 0 aromatic carbocycles. The van der Waals surface area contributed by atoms with E-state index in [2.05, 4.69) is 35.5 Å². The molecule has 6 unspecified atom stereocenters. The van der Waals surface area contributed by atoms with Gasteiger partial charge in [-0.15, -0.1) is 0 Å². The molecule has 0 aromatic rings. The fraction of sp³-hybridized carbons (Fsp3) is 0.952. The highest BCUT2D eigenvalue weighted by atomic mass is 16.4. The Morgan fingerprint density at radius 3 is 1.69 bits per heavy atom. The number of carboxylic acid groups (broad SMARTS) is 1. The van der Waals surface area contributed by atoms with E-state index in [1.807, 2.05) is 0 Å². The molecule has 0 bridgehead atoms. The van der Waals surface area contributed by atoms with E-state index in [1.54, 1.807) is 0 Å². The van der Waals surface area contributed by atoms with Gasteiger partial charge in [-0.25, -0.2) is 4.79 Å². The van der Waals surface area contributed by atoms with Crippen molar-refractivity contribution in [2.75, 3.05) is 39.4 Å². The highest BCUT2D eigenvalue weighted by molar-refractivity contribution is 5.80. The lowest BCUT2D eigenvalue weighted by molar-refractivity contribution is -0.156. The molecular weight excluding hydrogens is 374 g/mol. The zero-order chi connectivity index (χ0) is 21.6. The quantitative estimate of drug-likeness (QED) is 0.323. The molecule has 3 fully saturated rings. The molecule has 3 rings (SSSR count). The minimum absolute atomic E-state index is 0.365. The molecular formula is C21H41N3O5. The third kappa shape index (κ3) is 6.12. The van der Waals surface area contributed by atoms with Gasteiger partial charge in [0, 0.05) is 44.3 Å². The molecule has 6 atom stereocenters. The van der Waals surface area contributed by atoms with Crippen LogP contribution in [0.25, 0.3) is 0 Å². The number of hydrogen-bond donors (Lipinski definition) is 4. The molecule has 8 heteroatoms. The van der Waals surface area contributed by atoms with Crippen molar-refractivity contribution in [3.63, 3.8) is 0 Å². The number of aliphatic hydroxyl groups excluding tert-OH is 3. The van der Waals surface area contributed by atoms with E-state index in [-0.39, 0.29) is 13.2 Å². The van der Waals surface area contributed by atoms with Gasteiger partial charge in [0.05, 0.1) is 13.2 Å². The normalized spacial score (nSPS) is 34.2. The van der Waals surface area contributed by atoms with Crippen LogP contribution in [0, 0.1) is 0 Å². The topological polar surface area (TPSA) is 107 Å². The summed E-state index contributed by atoms with van der Waals surface area (Å²) in [5.41, 5.74) is -0.762. The van der Waals surface area contributed by atoms with Gasteiger partial charge in [0.25, 0.3) is 0 Å². The first kappa shape index (κ1) is 24.5. The molecule has 3 heterocycles. The molecule has 4 N–H and O–H groups in total. The molecule has 8 nitrogen and oxygen atoms in total. The van der Waals surface area contributed by atoms with Crippen LogP contribution in [0.1, 0.15) is 59.3 Å². The van der Waals surface area contributed by atoms with Gasteiger partial charge in [-0.3, -0.25) is 14.7 Å². The summed E-state index contributed by atoms with van der Waals surface area (Å²) >= 11 is 0. The van der Waals surface area contributed by atoms with Crippen molar-refractivity contribution in [2.24, 2.45) is 0 Å². The van der Waals surface area contributed by atoms with Crippen molar-refractivity contribution in [3.05, 3.63) is 0 Å². The fourth-order valence-electron chi connectivity index (χ4n) is 4.45. The Hall–Kier alpha value is -0.770. The summed E-state index contributed by atoms with van der Waals surface area (Å²) in [6.07, 6.45) is 5.96. The molecule has 0 spiro atoms. The van der Waals surface area contributed by atoms with Gasteiger partial charge in [0.15, 0.2) is 5.66 Å². The Bertz CT molecular complexity index is 497. The van der Waals surface area contributed by atoms with Crippen molar-refractivity contribution in [1.82, 2.24) is 14.7 Å². The van der Waals surface area contributed by atoms with E-state index in [4.69, 9.17) is 15.3 Å². The van der Waals surface area contributed by atoms with Gasteiger partial charge >= 0.3 is 5.97 Å². The summed E-state index contributed by atoms with van der Waals surface area (Å²) in [6, 6.07) is 1.57. The Morgan fingerprint density at radius 2 is 1.34 bits per heavy atom. The number of hydrogen-bond acceptors (Lipinski definition) is 7. The number of carbonyl (C=O) groups is 1. The summed E-state index contributed by atoms with van der Waals surface area (Å²) in [5, 5.41) is 34.2. The highest BCUT2D eigenvalue weighted by Crippen LogP contribution is 2.44. The summed E-state index contributed by atoms with van der Waals surface area (Å²) < 4.78 is 0. The molecule has 0 radical (unpaired) electrons. The zero-order valence-electron chi connectivity index (χ0n) is 18.3. The molecule has 0 aliphatic carbocycles. The van der Waals surface area contributed by atoms with Gasteiger partial charge in [0.1, 0.15) is 6.10 Å². The predicted octanol–water partition coefficient (Wildman–Crippen LogP) is 0.552. The SMILES string of the molecule is CCCC1CN1CC(C(=O)O)(N1CC1CCC)N1CC1CCC.OCC(O)CO. The van der Waals surface area contributed by atoms with Crippen molar-refractivity contribution < 1.29 is 25.2 Å². The second-order valence-corrected chi connectivity index (χ2v) is 8.70. The van der Waals surface area contributed by atoms with Crippen LogP contribution in [0.3, 0.4) is 0 Å². The lowest BCUT2D eigenvalue weighted by Gasteiger charge is -2.35. The summed E-state index contributed by atoms with van der Waals surface area (Å²) in [6.45, 7) is 9.56. The standard InChI is InChI=1S/C18H33N3O2.C3H8O3/c1-4-7-14-10-19(14)13-18(17(22)23,20-11-15(20)8-5-2)21-12-16(21)9-6-3;4-1-3(6)2-5/h14-16H,4-13H2,1-3H3,(H,22,23);3-6H,1-2H2. The van der Waals surface area contributed by atoms with Crippen LogP contribution in [0.5, 0.6) is 0 Å². The Kier molecular flexibility index (Phi) is 9.31. The average molecular weight is 416 g/mol.